The fourth-order valence-corrected chi connectivity index (χ4v) is 1.93. The van der Waals surface area contributed by atoms with Crippen molar-refractivity contribution in [1.29, 1.82) is 0 Å². The van der Waals surface area contributed by atoms with Gasteiger partial charge >= 0.3 is 16.3 Å². The molecular formula is C8H19N3O4S. The molecule has 0 saturated heterocycles. The van der Waals surface area contributed by atoms with E-state index in [0.717, 1.165) is 20.0 Å². The number of hydrogen-bond acceptors (Lipinski definition) is 5. The maximum Gasteiger partial charge on any atom is 0.421 e. The molecule has 0 aromatic heterocycles. The molecule has 0 aliphatic carbocycles. The summed E-state index contributed by atoms with van der Waals surface area (Å²) in [5, 5.41) is 0. The van der Waals surface area contributed by atoms with Crippen LogP contribution in [0.5, 0.6) is 0 Å². The second kappa shape index (κ2) is 7.42. The van der Waals surface area contributed by atoms with E-state index in [1.165, 1.54) is 0 Å². The van der Waals surface area contributed by atoms with Crippen molar-refractivity contribution in [2.24, 2.45) is 11.7 Å². The molecule has 0 fully saturated rings. The fraction of sp³-hybridized carbons (Fsp3) is 0.875. The van der Waals surface area contributed by atoms with E-state index in [-0.39, 0.29) is 12.5 Å². The van der Waals surface area contributed by atoms with Crippen molar-refractivity contribution in [3.05, 3.63) is 0 Å². The summed E-state index contributed by atoms with van der Waals surface area (Å²) in [5.41, 5.74) is 5.38. The molecule has 1 amide bonds. The highest BCUT2D eigenvalue weighted by atomic mass is 32.2. The molecule has 0 aliphatic rings. The molecule has 1 atom stereocenters. The second-order valence-electron chi connectivity index (χ2n) is 3.30. The van der Waals surface area contributed by atoms with Gasteiger partial charge in [0.15, 0.2) is 0 Å². The molecule has 0 bridgehead atoms. The van der Waals surface area contributed by atoms with Gasteiger partial charge in [-0.05, 0) is 18.9 Å². The molecule has 0 saturated carbocycles. The third-order valence-corrected chi connectivity index (χ3v) is 3.10. The summed E-state index contributed by atoms with van der Waals surface area (Å²) in [6.45, 7) is 2.70. The van der Waals surface area contributed by atoms with Gasteiger partial charge in [0, 0.05) is 6.54 Å². The first-order valence-electron chi connectivity index (χ1n) is 5.00. The Morgan fingerprint density at radius 2 is 2.12 bits per heavy atom. The van der Waals surface area contributed by atoms with Gasteiger partial charge < -0.3 is 10.5 Å². The van der Waals surface area contributed by atoms with E-state index in [1.54, 1.807) is 4.72 Å². The van der Waals surface area contributed by atoms with Gasteiger partial charge in [0.1, 0.15) is 0 Å². The van der Waals surface area contributed by atoms with E-state index >= 15 is 0 Å². The Balaban J connectivity index is 4.11. The van der Waals surface area contributed by atoms with Crippen molar-refractivity contribution in [3.63, 3.8) is 0 Å². The number of methoxy groups -OCH3 is 1. The van der Waals surface area contributed by atoms with Crippen LogP contribution in [0.15, 0.2) is 0 Å². The van der Waals surface area contributed by atoms with E-state index in [0.29, 0.717) is 6.54 Å². The van der Waals surface area contributed by atoms with Crippen LogP contribution in [0.3, 0.4) is 0 Å². The molecule has 0 radical (unpaired) electrons. The minimum absolute atomic E-state index is 0.166. The number of rotatable bonds is 7. The molecule has 0 spiro atoms. The zero-order valence-electron chi connectivity index (χ0n) is 9.52. The number of amides is 1. The number of nitrogens with one attached hydrogen (secondary N) is 2. The zero-order valence-corrected chi connectivity index (χ0v) is 10.3. The van der Waals surface area contributed by atoms with Crippen LogP contribution in [0, 0.1) is 5.92 Å². The van der Waals surface area contributed by atoms with Crippen LogP contribution in [0.4, 0.5) is 4.79 Å². The molecule has 4 N–H and O–H groups in total. The molecule has 0 aromatic carbocycles. The van der Waals surface area contributed by atoms with Gasteiger partial charge in [-0.3, -0.25) is 0 Å². The molecule has 0 heterocycles. The van der Waals surface area contributed by atoms with E-state index < -0.39 is 16.3 Å². The topological polar surface area (TPSA) is 111 Å². The summed E-state index contributed by atoms with van der Waals surface area (Å²) in [5.74, 6) is 0.166. The van der Waals surface area contributed by atoms with Crippen molar-refractivity contribution in [2.75, 3.05) is 20.2 Å². The minimum atomic E-state index is -3.83. The third-order valence-electron chi connectivity index (χ3n) is 2.12. The predicted octanol–water partition coefficient (Wildman–Crippen LogP) is -0.448. The Hall–Kier alpha value is -0.860. The number of ether oxygens (including phenoxy) is 1. The largest absolute Gasteiger partial charge is 0.452 e. The smallest absolute Gasteiger partial charge is 0.421 e. The standard InChI is InChI=1S/C8H19N3O4S/c1-3-7(4-5-9)6-10-16(13,14)11-8(12)15-2/h7,10H,3-6,9H2,1-2H3,(H,11,12). The number of hydrogen-bond donors (Lipinski definition) is 3. The summed E-state index contributed by atoms with van der Waals surface area (Å²) in [7, 11) is -2.74. The molecule has 1 unspecified atom stereocenters. The lowest BCUT2D eigenvalue weighted by Gasteiger charge is -2.14. The van der Waals surface area contributed by atoms with Crippen LogP contribution in [-0.2, 0) is 14.9 Å². The Labute approximate surface area is 95.9 Å². The molecular weight excluding hydrogens is 234 g/mol. The van der Waals surface area contributed by atoms with Gasteiger partial charge in [-0.2, -0.15) is 13.1 Å². The average molecular weight is 253 g/mol. The van der Waals surface area contributed by atoms with Gasteiger partial charge in [0.2, 0.25) is 0 Å². The van der Waals surface area contributed by atoms with Crippen LogP contribution >= 0.6 is 0 Å². The summed E-state index contributed by atoms with van der Waals surface area (Å²) >= 11 is 0. The average Bonchev–Trinajstić information content (AvgIpc) is 2.23. The van der Waals surface area contributed by atoms with Gasteiger partial charge in [0.25, 0.3) is 0 Å². The van der Waals surface area contributed by atoms with Crippen LogP contribution in [0.25, 0.3) is 0 Å². The highest BCUT2D eigenvalue weighted by Gasteiger charge is 2.15. The molecule has 8 heteroatoms. The Kier molecular flexibility index (Phi) is 7.02. The van der Waals surface area contributed by atoms with Crippen molar-refractivity contribution >= 4 is 16.3 Å². The van der Waals surface area contributed by atoms with Gasteiger partial charge in [-0.15, -0.1) is 0 Å². The Bertz CT molecular complexity index is 304. The molecule has 16 heavy (non-hydrogen) atoms. The summed E-state index contributed by atoms with van der Waals surface area (Å²) < 4.78 is 30.7. The van der Waals surface area contributed by atoms with Crippen molar-refractivity contribution in [3.8, 4) is 0 Å². The SMILES string of the molecule is CCC(CCN)CNS(=O)(=O)NC(=O)OC. The normalized spacial score (nSPS) is 13.2. The Morgan fingerprint density at radius 1 is 1.50 bits per heavy atom. The molecule has 0 aromatic rings. The molecule has 0 rings (SSSR count). The lowest BCUT2D eigenvalue weighted by Crippen LogP contribution is -2.42. The summed E-state index contributed by atoms with van der Waals surface area (Å²) in [6.07, 6.45) is 0.536. The van der Waals surface area contributed by atoms with Crippen molar-refractivity contribution < 1.29 is 17.9 Å². The first kappa shape index (κ1) is 15.1. The van der Waals surface area contributed by atoms with E-state index in [4.69, 9.17) is 5.73 Å². The third kappa shape index (κ3) is 6.59. The lowest BCUT2D eigenvalue weighted by atomic mass is 10.0. The molecule has 7 nitrogen and oxygen atoms in total. The summed E-state index contributed by atoms with van der Waals surface area (Å²) in [4.78, 5) is 10.7. The number of carbonyl (C=O) groups excluding carboxylic acids is 1. The van der Waals surface area contributed by atoms with Crippen LogP contribution in [0.2, 0.25) is 0 Å². The quantitative estimate of drug-likeness (QED) is 0.569. The first-order valence-corrected chi connectivity index (χ1v) is 6.48. The molecule has 0 aliphatic heterocycles. The predicted molar refractivity (Wildman–Crippen MR) is 59.9 cm³/mol. The zero-order chi connectivity index (χ0) is 12.6. The number of nitrogens with two attached hydrogens (primary N) is 1. The second-order valence-corrected chi connectivity index (χ2v) is 4.80. The number of carbonyl (C=O) groups is 1. The van der Waals surface area contributed by atoms with E-state index in [9.17, 15) is 13.2 Å². The van der Waals surface area contributed by atoms with E-state index in [2.05, 4.69) is 9.46 Å². The maximum absolute atomic E-state index is 11.3. The van der Waals surface area contributed by atoms with Gasteiger partial charge in [-0.1, -0.05) is 13.3 Å². The monoisotopic (exact) mass is 253 g/mol. The first-order chi connectivity index (χ1) is 7.45. The molecule has 96 valence electrons. The fourth-order valence-electron chi connectivity index (χ4n) is 1.10. The highest BCUT2D eigenvalue weighted by Crippen LogP contribution is 2.05. The van der Waals surface area contributed by atoms with Crippen molar-refractivity contribution in [1.82, 2.24) is 9.44 Å². The van der Waals surface area contributed by atoms with Gasteiger partial charge in [-0.25, -0.2) is 9.52 Å². The summed E-state index contributed by atoms with van der Waals surface area (Å²) in [6, 6.07) is 0. The lowest BCUT2D eigenvalue weighted by molar-refractivity contribution is 0.177. The minimum Gasteiger partial charge on any atom is -0.452 e. The highest BCUT2D eigenvalue weighted by molar-refractivity contribution is 7.88. The van der Waals surface area contributed by atoms with Crippen LogP contribution in [0.1, 0.15) is 19.8 Å². The van der Waals surface area contributed by atoms with Crippen LogP contribution in [-0.4, -0.2) is 34.7 Å². The maximum atomic E-state index is 11.3. The van der Waals surface area contributed by atoms with Gasteiger partial charge in [0.05, 0.1) is 7.11 Å². The van der Waals surface area contributed by atoms with Crippen molar-refractivity contribution in [2.45, 2.75) is 19.8 Å². The Morgan fingerprint density at radius 3 is 2.56 bits per heavy atom. The van der Waals surface area contributed by atoms with Crippen LogP contribution < -0.4 is 15.2 Å². The van der Waals surface area contributed by atoms with E-state index in [1.807, 2.05) is 6.92 Å².